The molecule has 0 bridgehead atoms. The normalized spacial score (nSPS) is 23.0. The van der Waals surface area contributed by atoms with Gasteiger partial charge in [0.05, 0.1) is 12.7 Å². The molecule has 2 aromatic rings. The first-order valence-corrected chi connectivity index (χ1v) is 10.0. The number of hydrogen-bond donors (Lipinski definition) is 1. The first-order chi connectivity index (χ1) is 12.9. The Kier molecular flexibility index (Phi) is 6.23. The molecule has 27 heavy (non-hydrogen) atoms. The summed E-state index contributed by atoms with van der Waals surface area (Å²) < 4.78 is 11.4. The van der Waals surface area contributed by atoms with Crippen LogP contribution in [0.1, 0.15) is 57.2 Å². The number of nitrogens with one attached hydrogen (secondary N) is 1. The Balaban J connectivity index is 1.74. The van der Waals surface area contributed by atoms with Gasteiger partial charge in [-0.25, -0.2) is 0 Å². The highest BCUT2D eigenvalue weighted by molar-refractivity contribution is 5.33. The molecule has 0 aliphatic carbocycles. The lowest BCUT2D eigenvalue weighted by Crippen LogP contribution is -2.45. The molecule has 3 nitrogen and oxygen atoms in total. The Hall–Kier alpha value is -1.84. The van der Waals surface area contributed by atoms with Crippen LogP contribution in [-0.4, -0.2) is 25.9 Å². The number of rotatable bonds is 7. The molecule has 1 saturated heterocycles. The van der Waals surface area contributed by atoms with Crippen molar-refractivity contribution in [2.75, 3.05) is 20.3 Å². The molecule has 146 valence electrons. The highest BCUT2D eigenvalue weighted by Gasteiger charge is 2.41. The highest BCUT2D eigenvalue weighted by atomic mass is 16.5. The maximum absolute atomic E-state index is 6.04. The zero-order valence-corrected chi connectivity index (χ0v) is 17.1. The van der Waals surface area contributed by atoms with Crippen LogP contribution in [0.4, 0.5) is 0 Å². The lowest BCUT2D eigenvalue weighted by atomic mass is 9.67. The van der Waals surface area contributed by atoms with Crippen LogP contribution in [0.2, 0.25) is 0 Å². The van der Waals surface area contributed by atoms with E-state index >= 15 is 0 Å². The second kappa shape index (κ2) is 8.45. The minimum absolute atomic E-state index is 0.0940. The topological polar surface area (TPSA) is 30.5 Å². The SMILES string of the molecule is COc1ccc([C@]2(CCN[C@@H](C)c3ccccc3)CCOC(C)(C)C2)cc1. The van der Waals surface area contributed by atoms with Crippen LogP contribution in [0.25, 0.3) is 0 Å². The predicted molar refractivity (Wildman–Crippen MR) is 111 cm³/mol. The number of ether oxygens (including phenoxy) is 2. The molecule has 0 radical (unpaired) electrons. The largest absolute Gasteiger partial charge is 0.497 e. The summed E-state index contributed by atoms with van der Waals surface area (Å²) in [5, 5.41) is 3.73. The molecule has 1 N–H and O–H groups in total. The molecule has 3 heteroatoms. The van der Waals surface area contributed by atoms with Crippen LogP contribution >= 0.6 is 0 Å². The highest BCUT2D eigenvalue weighted by Crippen LogP contribution is 2.44. The molecule has 1 aliphatic rings. The summed E-state index contributed by atoms with van der Waals surface area (Å²) in [5.41, 5.74) is 2.78. The molecule has 0 unspecified atom stereocenters. The minimum atomic E-state index is -0.0940. The molecule has 1 aliphatic heterocycles. The van der Waals surface area contributed by atoms with Gasteiger partial charge in [-0.1, -0.05) is 42.5 Å². The maximum atomic E-state index is 6.04. The van der Waals surface area contributed by atoms with E-state index in [2.05, 4.69) is 80.7 Å². The monoisotopic (exact) mass is 367 g/mol. The first kappa shape index (κ1) is 19.9. The van der Waals surface area contributed by atoms with Gasteiger partial charge in [-0.3, -0.25) is 0 Å². The van der Waals surface area contributed by atoms with Gasteiger partial charge >= 0.3 is 0 Å². The summed E-state index contributed by atoms with van der Waals surface area (Å²) in [5.74, 6) is 0.913. The van der Waals surface area contributed by atoms with Gasteiger partial charge in [0, 0.05) is 18.1 Å². The van der Waals surface area contributed by atoms with Gasteiger partial charge < -0.3 is 14.8 Å². The molecule has 0 saturated carbocycles. The second-order valence-electron chi connectivity index (χ2n) is 8.38. The van der Waals surface area contributed by atoms with E-state index in [-0.39, 0.29) is 11.0 Å². The quantitative estimate of drug-likeness (QED) is 0.724. The van der Waals surface area contributed by atoms with Gasteiger partial charge in [-0.2, -0.15) is 0 Å². The standard InChI is InChI=1S/C24H33NO2/c1-19(20-8-6-5-7-9-20)25-16-14-24(15-17-27-23(2,3)18-24)21-10-12-22(26-4)13-11-21/h5-13,19,25H,14-18H2,1-4H3/t19-,24+/m0/s1. The van der Waals surface area contributed by atoms with Crippen molar-refractivity contribution in [3.8, 4) is 5.75 Å². The average Bonchev–Trinajstić information content (AvgIpc) is 2.68. The summed E-state index contributed by atoms with van der Waals surface area (Å²) >= 11 is 0. The van der Waals surface area contributed by atoms with Crippen molar-refractivity contribution in [3.63, 3.8) is 0 Å². The van der Waals surface area contributed by atoms with Gasteiger partial charge in [0.25, 0.3) is 0 Å². The van der Waals surface area contributed by atoms with Gasteiger partial charge in [-0.15, -0.1) is 0 Å². The predicted octanol–water partition coefficient (Wildman–Crippen LogP) is 5.26. The van der Waals surface area contributed by atoms with Gasteiger partial charge in [0.15, 0.2) is 0 Å². The molecule has 3 rings (SSSR count). The van der Waals surface area contributed by atoms with Crippen LogP contribution in [-0.2, 0) is 10.2 Å². The molecular weight excluding hydrogens is 334 g/mol. The Morgan fingerprint density at radius 3 is 2.41 bits per heavy atom. The van der Waals surface area contributed by atoms with E-state index in [1.165, 1.54) is 11.1 Å². The number of methoxy groups -OCH3 is 1. The zero-order chi connectivity index (χ0) is 19.3. The molecule has 2 atom stereocenters. The summed E-state index contributed by atoms with van der Waals surface area (Å²) in [6.07, 6.45) is 3.20. The molecule has 1 heterocycles. The molecule has 2 aromatic carbocycles. The van der Waals surface area contributed by atoms with Gasteiger partial charge in [0.2, 0.25) is 0 Å². The lowest BCUT2D eigenvalue weighted by Gasteiger charge is -2.45. The fourth-order valence-corrected chi connectivity index (χ4v) is 4.41. The van der Waals surface area contributed by atoms with Crippen LogP contribution < -0.4 is 10.1 Å². The van der Waals surface area contributed by atoms with Crippen LogP contribution in [0.5, 0.6) is 5.75 Å². The van der Waals surface area contributed by atoms with Crippen LogP contribution in [0, 0.1) is 0 Å². The summed E-state index contributed by atoms with van der Waals surface area (Å²) in [7, 11) is 1.72. The summed E-state index contributed by atoms with van der Waals surface area (Å²) in [4.78, 5) is 0. The average molecular weight is 368 g/mol. The molecule has 0 spiro atoms. The van der Waals surface area contributed by atoms with E-state index in [0.717, 1.165) is 38.2 Å². The minimum Gasteiger partial charge on any atom is -0.497 e. The third kappa shape index (κ3) is 4.91. The van der Waals surface area contributed by atoms with E-state index in [9.17, 15) is 0 Å². The Morgan fingerprint density at radius 1 is 1.07 bits per heavy atom. The fourth-order valence-electron chi connectivity index (χ4n) is 4.41. The lowest BCUT2D eigenvalue weighted by molar-refractivity contribution is -0.0840. The summed E-state index contributed by atoms with van der Waals surface area (Å²) in [6, 6.07) is 19.6. The van der Waals surface area contributed by atoms with Crippen molar-refractivity contribution in [1.82, 2.24) is 5.32 Å². The molecule has 0 aromatic heterocycles. The first-order valence-electron chi connectivity index (χ1n) is 10.0. The van der Waals surface area contributed by atoms with E-state index < -0.39 is 0 Å². The zero-order valence-electron chi connectivity index (χ0n) is 17.1. The smallest absolute Gasteiger partial charge is 0.118 e. The van der Waals surface area contributed by atoms with Crippen molar-refractivity contribution in [2.45, 2.75) is 57.1 Å². The number of benzene rings is 2. The third-order valence-electron chi connectivity index (χ3n) is 5.89. The Morgan fingerprint density at radius 2 is 1.78 bits per heavy atom. The maximum Gasteiger partial charge on any atom is 0.118 e. The fraction of sp³-hybridized carbons (Fsp3) is 0.500. The third-order valence-corrected chi connectivity index (χ3v) is 5.89. The van der Waals surface area contributed by atoms with Crippen molar-refractivity contribution < 1.29 is 9.47 Å². The van der Waals surface area contributed by atoms with E-state index in [0.29, 0.717) is 6.04 Å². The molecule has 0 amide bonds. The van der Waals surface area contributed by atoms with E-state index in [1.807, 2.05) is 0 Å². The molecular formula is C24H33NO2. The Labute approximate surface area is 164 Å². The van der Waals surface area contributed by atoms with Crippen molar-refractivity contribution >= 4 is 0 Å². The van der Waals surface area contributed by atoms with E-state index in [1.54, 1.807) is 7.11 Å². The number of hydrogen-bond acceptors (Lipinski definition) is 3. The van der Waals surface area contributed by atoms with Crippen molar-refractivity contribution in [1.29, 1.82) is 0 Å². The van der Waals surface area contributed by atoms with E-state index in [4.69, 9.17) is 9.47 Å². The van der Waals surface area contributed by atoms with Crippen LogP contribution in [0.15, 0.2) is 54.6 Å². The van der Waals surface area contributed by atoms with Crippen molar-refractivity contribution in [3.05, 3.63) is 65.7 Å². The summed E-state index contributed by atoms with van der Waals surface area (Å²) in [6.45, 7) is 8.46. The van der Waals surface area contributed by atoms with Crippen LogP contribution in [0.3, 0.4) is 0 Å². The van der Waals surface area contributed by atoms with Gasteiger partial charge in [-0.05, 0) is 69.8 Å². The second-order valence-corrected chi connectivity index (χ2v) is 8.38. The molecule has 1 fully saturated rings. The Bertz CT molecular complexity index is 711. The van der Waals surface area contributed by atoms with Gasteiger partial charge in [0.1, 0.15) is 5.75 Å². The van der Waals surface area contributed by atoms with Crippen molar-refractivity contribution in [2.24, 2.45) is 0 Å².